The maximum atomic E-state index is 12.6. The highest BCUT2D eigenvalue weighted by molar-refractivity contribution is 6.32. The molecule has 0 saturated carbocycles. The Kier molecular flexibility index (Phi) is 5.46. The van der Waals surface area contributed by atoms with Crippen LogP contribution in [0.15, 0.2) is 59.0 Å². The molecule has 1 N–H and O–H groups in total. The quantitative estimate of drug-likeness (QED) is 0.404. The summed E-state index contributed by atoms with van der Waals surface area (Å²) in [6.45, 7) is 6.51. The minimum atomic E-state index is -0.267. The minimum Gasteiger partial charge on any atom is -0.492 e. The number of benzene rings is 3. The van der Waals surface area contributed by atoms with Crippen LogP contribution in [0.1, 0.15) is 28.4 Å². The summed E-state index contributed by atoms with van der Waals surface area (Å²) in [6.07, 6.45) is 0. The minimum absolute atomic E-state index is 0.267. The van der Waals surface area contributed by atoms with Crippen LogP contribution in [0.25, 0.3) is 22.6 Å². The lowest BCUT2D eigenvalue weighted by Gasteiger charge is -2.08. The fourth-order valence-corrected chi connectivity index (χ4v) is 3.36. The average molecular weight is 421 g/mol. The van der Waals surface area contributed by atoms with Gasteiger partial charge in [-0.1, -0.05) is 17.7 Å². The fraction of sp³-hybridized carbons (Fsp3) is 0.167. The number of rotatable bonds is 5. The number of anilines is 1. The topological polar surface area (TPSA) is 64.4 Å². The van der Waals surface area contributed by atoms with Crippen molar-refractivity contribution in [3.8, 4) is 17.2 Å². The summed E-state index contributed by atoms with van der Waals surface area (Å²) < 4.78 is 11.3. The van der Waals surface area contributed by atoms with Crippen LogP contribution in [0.4, 0.5) is 5.69 Å². The van der Waals surface area contributed by atoms with Crippen molar-refractivity contribution in [3.05, 3.63) is 76.3 Å². The van der Waals surface area contributed by atoms with E-state index in [-0.39, 0.29) is 5.91 Å². The molecule has 4 aromatic rings. The molecule has 3 aromatic carbocycles. The fourth-order valence-electron chi connectivity index (χ4n) is 3.12. The summed E-state index contributed by atoms with van der Waals surface area (Å²) in [6, 6.07) is 16.4. The van der Waals surface area contributed by atoms with Crippen molar-refractivity contribution in [1.29, 1.82) is 0 Å². The summed E-state index contributed by atoms with van der Waals surface area (Å²) in [4.78, 5) is 17.2. The zero-order valence-corrected chi connectivity index (χ0v) is 17.7. The molecule has 5 nitrogen and oxygen atoms in total. The molecule has 152 valence electrons. The predicted octanol–water partition coefficient (Wildman–Crippen LogP) is 6.42. The first-order valence-electron chi connectivity index (χ1n) is 9.66. The van der Waals surface area contributed by atoms with Crippen LogP contribution >= 0.6 is 11.6 Å². The Morgan fingerprint density at radius 2 is 1.90 bits per heavy atom. The molecule has 0 aliphatic carbocycles. The van der Waals surface area contributed by atoms with E-state index in [9.17, 15) is 4.79 Å². The number of aryl methyl sites for hydroxylation is 2. The summed E-state index contributed by atoms with van der Waals surface area (Å²) in [5.41, 5.74) is 5.71. The molecule has 0 fully saturated rings. The second kappa shape index (κ2) is 8.20. The summed E-state index contributed by atoms with van der Waals surface area (Å²) in [7, 11) is 0. The van der Waals surface area contributed by atoms with E-state index in [1.165, 1.54) is 11.1 Å². The van der Waals surface area contributed by atoms with Gasteiger partial charge in [-0.25, -0.2) is 4.98 Å². The van der Waals surface area contributed by atoms with Gasteiger partial charge in [0.25, 0.3) is 5.91 Å². The van der Waals surface area contributed by atoms with Gasteiger partial charge in [-0.3, -0.25) is 4.79 Å². The molecule has 1 heterocycles. The Balaban J connectivity index is 1.57. The number of carbonyl (C=O) groups excluding carboxylic acids is 1. The third-order valence-electron chi connectivity index (χ3n) is 4.89. The van der Waals surface area contributed by atoms with Crippen LogP contribution in [0.3, 0.4) is 0 Å². The number of ether oxygens (including phenoxy) is 1. The lowest BCUT2D eigenvalue weighted by Crippen LogP contribution is -2.11. The van der Waals surface area contributed by atoms with Gasteiger partial charge in [-0.15, -0.1) is 0 Å². The number of nitrogens with one attached hydrogen (secondary N) is 1. The number of fused-ring (bicyclic) bond motifs is 1. The van der Waals surface area contributed by atoms with Gasteiger partial charge in [0.2, 0.25) is 5.89 Å². The van der Waals surface area contributed by atoms with Crippen LogP contribution < -0.4 is 10.1 Å². The predicted molar refractivity (Wildman–Crippen MR) is 119 cm³/mol. The maximum Gasteiger partial charge on any atom is 0.255 e. The third-order valence-corrected chi connectivity index (χ3v) is 5.19. The van der Waals surface area contributed by atoms with E-state index in [1.807, 2.05) is 19.1 Å². The maximum absolute atomic E-state index is 12.6. The molecule has 1 amide bonds. The van der Waals surface area contributed by atoms with Crippen molar-refractivity contribution in [2.45, 2.75) is 20.8 Å². The molecule has 0 radical (unpaired) electrons. The van der Waals surface area contributed by atoms with E-state index in [0.717, 1.165) is 5.56 Å². The number of halogens is 1. The van der Waals surface area contributed by atoms with Crippen molar-refractivity contribution in [2.75, 3.05) is 11.9 Å². The molecule has 4 rings (SSSR count). The van der Waals surface area contributed by atoms with E-state index in [4.69, 9.17) is 20.8 Å². The van der Waals surface area contributed by atoms with Crippen LogP contribution in [0.2, 0.25) is 5.02 Å². The second-order valence-corrected chi connectivity index (χ2v) is 7.44. The highest BCUT2D eigenvalue weighted by Crippen LogP contribution is 2.29. The lowest BCUT2D eigenvalue weighted by molar-refractivity contribution is 0.102. The number of oxazole rings is 1. The van der Waals surface area contributed by atoms with Gasteiger partial charge in [-0.05, 0) is 80.4 Å². The second-order valence-electron chi connectivity index (χ2n) is 7.03. The zero-order valence-electron chi connectivity index (χ0n) is 17.0. The molecular weight excluding hydrogens is 400 g/mol. The number of nitrogens with zero attached hydrogens (tertiary/aromatic N) is 1. The standard InChI is InChI=1S/C24H21ClN2O3/c1-4-29-21-9-7-16(12-19(21)25)23(28)26-18-8-10-22-20(13-18)27-24(30-22)17-6-5-14(2)15(3)11-17/h5-13H,4H2,1-3H3,(H,26,28). The Morgan fingerprint density at radius 1 is 1.07 bits per heavy atom. The molecule has 0 aliphatic heterocycles. The first kappa shape index (κ1) is 20.0. The molecule has 6 heteroatoms. The molecule has 0 unspecified atom stereocenters. The number of hydrogen-bond donors (Lipinski definition) is 1. The van der Waals surface area contributed by atoms with Crippen molar-refractivity contribution in [2.24, 2.45) is 0 Å². The van der Waals surface area contributed by atoms with E-state index in [2.05, 4.69) is 30.2 Å². The van der Waals surface area contributed by atoms with Crippen molar-refractivity contribution in [3.63, 3.8) is 0 Å². The van der Waals surface area contributed by atoms with Gasteiger partial charge in [-0.2, -0.15) is 0 Å². The van der Waals surface area contributed by atoms with Crippen LogP contribution in [-0.2, 0) is 0 Å². The van der Waals surface area contributed by atoms with Crippen LogP contribution in [0.5, 0.6) is 5.75 Å². The first-order chi connectivity index (χ1) is 14.4. The molecule has 0 aliphatic rings. The lowest BCUT2D eigenvalue weighted by atomic mass is 10.1. The van der Waals surface area contributed by atoms with Gasteiger partial charge in [0, 0.05) is 16.8 Å². The molecular formula is C24H21ClN2O3. The Labute approximate surface area is 179 Å². The molecule has 0 bridgehead atoms. The van der Waals surface area contributed by atoms with Gasteiger partial charge in [0.15, 0.2) is 5.58 Å². The molecule has 0 saturated heterocycles. The smallest absolute Gasteiger partial charge is 0.255 e. The average Bonchev–Trinajstić information content (AvgIpc) is 3.15. The number of carbonyl (C=O) groups is 1. The van der Waals surface area contributed by atoms with Gasteiger partial charge in [0.05, 0.1) is 11.6 Å². The van der Waals surface area contributed by atoms with E-state index < -0.39 is 0 Å². The zero-order chi connectivity index (χ0) is 21.3. The third kappa shape index (κ3) is 4.02. The number of amides is 1. The van der Waals surface area contributed by atoms with E-state index in [0.29, 0.717) is 45.6 Å². The van der Waals surface area contributed by atoms with Crippen molar-refractivity contribution >= 4 is 34.3 Å². The summed E-state index contributed by atoms with van der Waals surface area (Å²) in [5.74, 6) is 0.839. The van der Waals surface area contributed by atoms with Gasteiger partial charge in [0.1, 0.15) is 11.3 Å². The van der Waals surface area contributed by atoms with Crippen LogP contribution in [0, 0.1) is 13.8 Å². The van der Waals surface area contributed by atoms with Gasteiger partial charge >= 0.3 is 0 Å². The Morgan fingerprint density at radius 3 is 2.63 bits per heavy atom. The highest BCUT2D eigenvalue weighted by atomic mass is 35.5. The molecule has 0 spiro atoms. The SMILES string of the molecule is CCOc1ccc(C(=O)Nc2ccc3oc(-c4ccc(C)c(C)c4)nc3c2)cc1Cl. The van der Waals surface area contributed by atoms with E-state index in [1.54, 1.807) is 36.4 Å². The monoisotopic (exact) mass is 420 g/mol. The van der Waals surface area contributed by atoms with Crippen molar-refractivity contribution < 1.29 is 13.9 Å². The molecule has 1 aromatic heterocycles. The molecule has 30 heavy (non-hydrogen) atoms. The Hall–Kier alpha value is -3.31. The first-order valence-corrected chi connectivity index (χ1v) is 10.0. The summed E-state index contributed by atoms with van der Waals surface area (Å²) in [5, 5.41) is 3.27. The largest absolute Gasteiger partial charge is 0.492 e. The number of aromatic nitrogens is 1. The molecule has 0 atom stereocenters. The highest BCUT2D eigenvalue weighted by Gasteiger charge is 2.13. The summed E-state index contributed by atoms with van der Waals surface area (Å²) >= 11 is 6.19. The van der Waals surface area contributed by atoms with Crippen molar-refractivity contribution in [1.82, 2.24) is 4.98 Å². The van der Waals surface area contributed by atoms with Gasteiger partial charge < -0.3 is 14.5 Å². The van der Waals surface area contributed by atoms with Crippen LogP contribution in [-0.4, -0.2) is 17.5 Å². The normalized spacial score (nSPS) is 10.9. The number of hydrogen-bond acceptors (Lipinski definition) is 4. The van der Waals surface area contributed by atoms with E-state index >= 15 is 0 Å². The Bertz CT molecular complexity index is 1250.